The van der Waals surface area contributed by atoms with Crippen molar-refractivity contribution in [3.63, 3.8) is 0 Å². The molecule has 0 bridgehead atoms. The van der Waals surface area contributed by atoms with Gasteiger partial charge in [-0.05, 0) is 20.9 Å². The molecule has 0 unspecified atom stereocenters. The van der Waals surface area contributed by atoms with Gasteiger partial charge in [-0.1, -0.05) is 0 Å². The Labute approximate surface area is 105 Å². The fraction of sp³-hybridized carbons (Fsp3) is 0.917. The van der Waals surface area contributed by atoms with Crippen molar-refractivity contribution >= 4 is 5.91 Å². The molecule has 0 aromatic heterocycles. The maximum Gasteiger partial charge on any atom is 0.236 e. The number of hydrogen-bond donors (Lipinski definition) is 0. The van der Waals surface area contributed by atoms with E-state index in [9.17, 15) is 4.79 Å². The molecule has 0 aliphatic heterocycles. The SMILES string of the molecule is CCOC(CCN(C)CC(=O)N(C)C)OCC. The molecule has 0 heterocycles. The van der Waals surface area contributed by atoms with Gasteiger partial charge in [0.15, 0.2) is 6.29 Å². The molecule has 17 heavy (non-hydrogen) atoms. The fourth-order valence-electron chi connectivity index (χ4n) is 1.36. The summed E-state index contributed by atoms with van der Waals surface area (Å²) in [5.74, 6) is 0.108. The van der Waals surface area contributed by atoms with Gasteiger partial charge in [0, 0.05) is 40.3 Å². The highest BCUT2D eigenvalue weighted by Gasteiger charge is 2.12. The number of ether oxygens (including phenoxy) is 2. The van der Waals surface area contributed by atoms with E-state index in [1.165, 1.54) is 0 Å². The van der Waals surface area contributed by atoms with Crippen LogP contribution in [0, 0.1) is 0 Å². The van der Waals surface area contributed by atoms with Gasteiger partial charge in [0.25, 0.3) is 0 Å². The van der Waals surface area contributed by atoms with Gasteiger partial charge in [0.2, 0.25) is 5.91 Å². The lowest BCUT2D eigenvalue weighted by molar-refractivity contribution is -0.143. The average molecular weight is 246 g/mol. The summed E-state index contributed by atoms with van der Waals surface area (Å²) in [6.07, 6.45) is 0.612. The second-order valence-electron chi connectivity index (χ2n) is 4.15. The Morgan fingerprint density at radius 3 is 2.06 bits per heavy atom. The second-order valence-corrected chi connectivity index (χ2v) is 4.15. The van der Waals surface area contributed by atoms with E-state index in [0.29, 0.717) is 19.8 Å². The smallest absolute Gasteiger partial charge is 0.236 e. The fourth-order valence-corrected chi connectivity index (χ4v) is 1.36. The summed E-state index contributed by atoms with van der Waals surface area (Å²) in [6, 6.07) is 0. The summed E-state index contributed by atoms with van der Waals surface area (Å²) < 4.78 is 10.9. The first-order chi connectivity index (χ1) is 8.01. The van der Waals surface area contributed by atoms with Gasteiger partial charge in [-0.3, -0.25) is 9.69 Å². The van der Waals surface area contributed by atoms with Gasteiger partial charge >= 0.3 is 0 Å². The van der Waals surface area contributed by atoms with Gasteiger partial charge in [0.1, 0.15) is 0 Å². The standard InChI is InChI=1S/C12H26N2O3/c1-6-16-12(17-7-2)8-9-14(5)10-11(15)13(3)4/h12H,6-10H2,1-5H3. The molecule has 0 spiro atoms. The molecule has 0 aromatic rings. The van der Waals surface area contributed by atoms with Crippen LogP contribution in [-0.4, -0.2) is 69.4 Å². The van der Waals surface area contributed by atoms with E-state index >= 15 is 0 Å². The van der Waals surface area contributed by atoms with Crippen LogP contribution in [0.15, 0.2) is 0 Å². The quantitative estimate of drug-likeness (QED) is 0.564. The van der Waals surface area contributed by atoms with Crippen molar-refractivity contribution < 1.29 is 14.3 Å². The Kier molecular flexibility index (Phi) is 9.03. The van der Waals surface area contributed by atoms with Crippen LogP contribution in [0.3, 0.4) is 0 Å². The third-order valence-corrected chi connectivity index (χ3v) is 2.36. The molecule has 0 radical (unpaired) electrons. The average Bonchev–Trinajstić information content (AvgIpc) is 2.26. The van der Waals surface area contributed by atoms with Gasteiger partial charge in [-0.15, -0.1) is 0 Å². The van der Waals surface area contributed by atoms with E-state index in [1.807, 2.05) is 25.8 Å². The molecule has 0 fully saturated rings. The molecule has 0 N–H and O–H groups in total. The van der Waals surface area contributed by atoms with Crippen molar-refractivity contribution in [3.8, 4) is 0 Å². The van der Waals surface area contributed by atoms with Crippen molar-refractivity contribution in [1.82, 2.24) is 9.80 Å². The summed E-state index contributed by atoms with van der Waals surface area (Å²) in [5.41, 5.74) is 0. The minimum absolute atomic E-state index is 0.108. The third-order valence-electron chi connectivity index (χ3n) is 2.36. The largest absolute Gasteiger partial charge is 0.353 e. The van der Waals surface area contributed by atoms with Gasteiger partial charge in [-0.2, -0.15) is 0 Å². The molecule has 5 heteroatoms. The van der Waals surface area contributed by atoms with Crippen LogP contribution in [0.2, 0.25) is 0 Å². The maximum atomic E-state index is 11.5. The van der Waals surface area contributed by atoms with Crippen LogP contribution in [0.4, 0.5) is 0 Å². The zero-order valence-corrected chi connectivity index (χ0v) is 11.7. The Hall–Kier alpha value is -0.650. The van der Waals surface area contributed by atoms with E-state index in [0.717, 1.165) is 13.0 Å². The van der Waals surface area contributed by atoms with Gasteiger partial charge in [-0.25, -0.2) is 0 Å². The van der Waals surface area contributed by atoms with Crippen LogP contribution >= 0.6 is 0 Å². The zero-order chi connectivity index (χ0) is 13.3. The lowest BCUT2D eigenvalue weighted by atomic mass is 10.3. The van der Waals surface area contributed by atoms with Crippen molar-refractivity contribution in [3.05, 3.63) is 0 Å². The predicted octanol–water partition coefficient (Wildman–Crippen LogP) is 0.796. The Bertz CT molecular complexity index is 204. The number of likely N-dealkylation sites (N-methyl/N-ethyl adjacent to an activating group) is 2. The monoisotopic (exact) mass is 246 g/mol. The molecule has 0 aliphatic rings. The highest BCUT2D eigenvalue weighted by molar-refractivity contribution is 5.77. The molecular weight excluding hydrogens is 220 g/mol. The normalized spacial score (nSPS) is 11.2. The number of hydrogen-bond acceptors (Lipinski definition) is 4. The summed E-state index contributed by atoms with van der Waals surface area (Å²) >= 11 is 0. The maximum absolute atomic E-state index is 11.5. The number of carbonyl (C=O) groups is 1. The molecule has 0 aliphatic carbocycles. The second kappa shape index (κ2) is 9.39. The van der Waals surface area contributed by atoms with Crippen LogP contribution in [0.25, 0.3) is 0 Å². The van der Waals surface area contributed by atoms with E-state index in [-0.39, 0.29) is 12.2 Å². The van der Waals surface area contributed by atoms with Crippen molar-refractivity contribution in [2.45, 2.75) is 26.6 Å². The third kappa shape index (κ3) is 8.12. The highest BCUT2D eigenvalue weighted by Crippen LogP contribution is 2.02. The molecule has 5 nitrogen and oxygen atoms in total. The summed E-state index contributed by atoms with van der Waals surface area (Å²) in [7, 11) is 5.45. The van der Waals surface area contributed by atoms with Crippen LogP contribution in [-0.2, 0) is 14.3 Å². The Balaban J connectivity index is 3.86. The molecule has 0 rings (SSSR count). The summed E-state index contributed by atoms with van der Waals surface area (Å²) in [5, 5.41) is 0. The Morgan fingerprint density at radius 1 is 1.12 bits per heavy atom. The molecule has 0 aromatic carbocycles. The first-order valence-electron chi connectivity index (χ1n) is 6.13. The van der Waals surface area contributed by atoms with Crippen molar-refractivity contribution in [2.24, 2.45) is 0 Å². The van der Waals surface area contributed by atoms with E-state index in [4.69, 9.17) is 9.47 Å². The van der Waals surface area contributed by atoms with E-state index < -0.39 is 0 Å². The number of amides is 1. The predicted molar refractivity (Wildman–Crippen MR) is 67.8 cm³/mol. The highest BCUT2D eigenvalue weighted by atomic mass is 16.7. The van der Waals surface area contributed by atoms with Crippen LogP contribution < -0.4 is 0 Å². The number of carbonyl (C=O) groups excluding carboxylic acids is 1. The summed E-state index contributed by atoms with van der Waals surface area (Å²) in [6.45, 7) is 6.40. The van der Waals surface area contributed by atoms with Crippen LogP contribution in [0.5, 0.6) is 0 Å². The lowest BCUT2D eigenvalue weighted by Gasteiger charge is -2.22. The summed E-state index contributed by atoms with van der Waals surface area (Å²) in [4.78, 5) is 15.0. The molecule has 0 atom stereocenters. The first kappa shape index (κ1) is 16.4. The topological polar surface area (TPSA) is 42.0 Å². The molecule has 1 amide bonds. The van der Waals surface area contributed by atoms with Crippen molar-refractivity contribution in [1.29, 1.82) is 0 Å². The Morgan fingerprint density at radius 2 is 1.65 bits per heavy atom. The minimum atomic E-state index is -0.165. The van der Waals surface area contributed by atoms with Crippen LogP contribution in [0.1, 0.15) is 20.3 Å². The number of nitrogens with zero attached hydrogens (tertiary/aromatic N) is 2. The molecule has 102 valence electrons. The lowest BCUT2D eigenvalue weighted by Crippen LogP contribution is -2.36. The zero-order valence-electron chi connectivity index (χ0n) is 11.7. The van der Waals surface area contributed by atoms with Gasteiger partial charge < -0.3 is 14.4 Å². The minimum Gasteiger partial charge on any atom is -0.353 e. The number of rotatable bonds is 9. The molecule has 0 saturated heterocycles. The molecular formula is C12H26N2O3. The van der Waals surface area contributed by atoms with Crippen molar-refractivity contribution in [2.75, 3.05) is 47.4 Å². The van der Waals surface area contributed by atoms with E-state index in [1.54, 1.807) is 19.0 Å². The molecule has 0 saturated carbocycles. The van der Waals surface area contributed by atoms with Gasteiger partial charge in [0.05, 0.1) is 6.54 Å². The first-order valence-corrected chi connectivity index (χ1v) is 6.13. The van der Waals surface area contributed by atoms with E-state index in [2.05, 4.69) is 0 Å².